The zero-order valence-corrected chi connectivity index (χ0v) is 19.1. The second-order valence-corrected chi connectivity index (χ2v) is 8.82. The standard InChI is InChI=1S/C24H26ClN3O4/c1-15(2)31-20-9-6-17(14-19(20)25)22-26-23(32-27-22)16-4-7-18(8-5-16)24(11-12-24)28(3)13-10-21(29)30/h4-9,14-15H,10-13H2,1-3H3,(H,29,30). The lowest BCUT2D eigenvalue weighted by Crippen LogP contribution is -2.33. The Labute approximate surface area is 192 Å². The van der Waals surface area contributed by atoms with Crippen LogP contribution in [0.15, 0.2) is 47.0 Å². The molecule has 0 radical (unpaired) electrons. The smallest absolute Gasteiger partial charge is 0.304 e. The summed E-state index contributed by atoms with van der Waals surface area (Å²) in [6.45, 7) is 4.41. The maximum atomic E-state index is 10.9. The molecule has 1 N–H and O–H groups in total. The number of ether oxygens (including phenoxy) is 1. The van der Waals surface area contributed by atoms with E-state index in [1.165, 1.54) is 5.56 Å². The summed E-state index contributed by atoms with van der Waals surface area (Å²) in [4.78, 5) is 17.6. The maximum absolute atomic E-state index is 10.9. The molecular formula is C24H26ClN3O4. The molecule has 0 bridgehead atoms. The van der Waals surface area contributed by atoms with Crippen LogP contribution >= 0.6 is 11.6 Å². The predicted molar refractivity (Wildman–Crippen MR) is 122 cm³/mol. The number of halogens is 1. The minimum atomic E-state index is -0.779. The Morgan fingerprint density at radius 1 is 1.22 bits per heavy atom. The first-order chi connectivity index (χ1) is 15.3. The molecule has 0 spiro atoms. The van der Waals surface area contributed by atoms with Gasteiger partial charge >= 0.3 is 5.97 Å². The molecule has 1 fully saturated rings. The van der Waals surface area contributed by atoms with Crippen LogP contribution in [-0.2, 0) is 10.3 Å². The van der Waals surface area contributed by atoms with E-state index in [0.29, 0.717) is 29.0 Å². The lowest BCUT2D eigenvalue weighted by Gasteiger charge is -2.28. The van der Waals surface area contributed by atoms with Gasteiger partial charge in [0.25, 0.3) is 5.89 Å². The van der Waals surface area contributed by atoms with E-state index in [1.807, 2.05) is 39.1 Å². The number of carboxylic acid groups (broad SMARTS) is 1. The van der Waals surface area contributed by atoms with E-state index in [0.717, 1.165) is 24.0 Å². The molecule has 168 valence electrons. The first kappa shape index (κ1) is 22.3. The third-order valence-corrected chi connectivity index (χ3v) is 6.06. The zero-order valence-electron chi connectivity index (χ0n) is 18.3. The van der Waals surface area contributed by atoms with E-state index in [-0.39, 0.29) is 18.1 Å². The molecule has 0 saturated heterocycles. The van der Waals surface area contributed by atoms with E-state index < -0.39 is 5.97 Å². The number of hydrogen-bond donors (Lipinski definition) is 1. The number of hydrogen-bond acceptors (Lipinski definition) is 6. The number of nitrogens with zero attached hydrogens (tertiary/aromatic N) is 3. The first-order valence-electron chi connectivity index (χ1n) is 10.6. The summed E-state index contributed by atoms with van der Waals surface area (Å²) in [6.07, 6.45) is 2.20. The van der Waals surface area contributed by atoms with Gasteiger partial charge in [0.15, 0.2) is 0 Å². The molecule has 2 aromatic carbocycles. The minimum Gasteiger partial charge on any atom is -0.489 e. The SMILES string of the molecule is CC(C)Oc1ccc(-c2noc(-c3ccc(C4(N(C)CCC(=O)O)CC4)cc3)n2)cc1Cl. The molecule has 7 nitrogen and oxygen atoms in total. The maximum Gasteiger partial charge on any atom is 0.304 e. The Kier molecular flexibility index (Phi) is 6.22. The van der Waals surface area contributed by atoms with Crippen LogP contribution in [0.5, 0.6) is 5.75 Å². The molecular weight excluding hydrogens is 430 g/mol. The molecule has 8 heteroatoms. The Balaban J connectivity index is 1.49. The fourth-order valence-corrected chi connectivity index (χ4v) is 4.08. The summed E-state index contributed by atoms with van der Waals surface area (Å²) in [5.41, 5.74) is 2.66. The van der Waals surface area contributed by atoms with Crippen LogP contribution in [0.2, 0.25) is 5.02 Å². The van der Waals surface area contributed by atoms with Crippen molar-refractivity contribution in [3.8, 4) is 28.6 Å². The van der Waals surface area contributed by atoms with Crippen LogP contribution < -0.4 is 4.74 Å². The van der Waals surface area contributed by atoms with E-state index in [1.54, 1.807) is 12.1 Å². The van der Waals surface area contributed by atoms with Gasteiger partial charge in [-0.3, -0.25) is 9.69 Å². The van der Waals surface area contributed by atoms with Crippen LogP contribution in [0.3, 0.4) is 0 Å². The third-order valence-electron chi connectivity index (χ3n) is 5.76. The molecule has 1 aliphatic rings. The van der Waals surface area contributed by atoms with Crippen LogP contribution in [0.4, 0.5) is 0 Å². The molecule has 4 rings (SSSR count). The molecule has 0 atom stereocenters. The van der Waals surface area contributed by atoms with Crippen molar-refractivity contribution in [2.45, 2.75) is 44.8 Å². The van der Waals surface area contributed by atoms with Crippen molar-refractivity contribution in [3.05, 3.63) is 53.1 Å². The highest BCUT2D eigenvalue weighted by atomic mass is 35.5. The molecule has 3 aromatic rings. The lowest BCUT2D eigenvalue weighted by molar-refractivity contribution is -0.137. The fraction of sp³-hybridized carbons (Fsp3) is 0.375. The van der Waals surface area contributed by atoms with Gasteiger partial charge in [0.1, 0.15) is 5.75 Å². The van der Waals surface area contributed by atoms with E-state index in [9.17, 15) is 4.79 Å². The Hall–Kier alpha value is -2.90. The van der Waals surface area contributed by atoms with E-state index in [4.69, 9.17) is 26.0 Å². The number of aliphatic carboxylic acids is 1. The Bertz CT molecular complexity index is 1110. The van der Waals surface area contributed by atoms with Gasteiger partial charge in [0.05, 0.1) is 17.5 Å². The van der Waals surface area contributed by atoms with Crippen molar-refractivity contribution in [2.75, 3.05) is 13.6 Å². The number of carboxylic acids is 1. The molecule has 0 aliphatic heterocycles. The molecule has 0 unspecified atom stereocenters. The summed E-state index contributed by atoms with van der Waals surface area (Å²) in [6, 6.07) is 13.5. The van der Waals surface area contributed by atoms with Gasteiger partial charge in [-0.2, -0.15) is 4.98 Å². The summed E-state index contributed by atoms with van der Waals surface area (Å²) in [5, 5.41) is 13.6. The monoisotopic (exact) mass is 455 g/mol. The van der Waals surface area contributed by atoms with Gasteiger partial charge < -0.3 is 14.4 Å². The van der Waals surface area contributed by atoms with Crippen LogP contribution in [0, 0.1) is 0 Å². The Morgan fingerprint density at radius 3 is 2.50 bits per heavy atom. The largest absolute Gasteiger partial charge is 0.489 e. The van der Waals surface area contributed by atoms with E-state index in [2.05, 4.69) is 27.2 Å². The zero-order chi connectivity index (χ0) is 22.9. The normalized spacial score (nSPS) is 14.7. The van der Waals surface area contributed by atoms with Crippen LogP contribution in [0.1, 0.15) is 38.7 Å². The molecule has 1 aliphatic carbocycles. The van der Waals surface area contributed by atoms with Crippen molar-refractivity contribution in [3.63, 3.8) is 0 Å². The topological polar surface area (TPSA) is 88.7 Å². The molecule has 1 heterocycles. The quantitative estimate of drug-likeness (QED) is 0.472. The van der Waals surface area contributed by atoms with Crippen molar-refractivity contribution in [1.29, 1.82) is 0 Å². The van der Waals surface area contributed by atoms with Crippen LogP contribution in [-0.4, -0.2) is 45.8 Å². The highest BCUT2D eigenvalue weighted by Crippen LogP contribution is 2.50. The number of aromatic nitrogens is 2. The van der Waals surface area contributed by atoms with Gasteiger partial charge in [-0.1, -0.05) is 28.9 Å². The third kappa shape index (κ3) is 4.64. The van der Waals surface area contributed by atoms with Crippen molar-refractivity contribution in [2.24, 2.45) is 0 Å². The van der Waals surface area contributed by atoms with Gasteiger partial charge in [-0.25, -0.2) is 0 Å². The van der Waals surface area contributed by atoms with E-state index >= 15 is 0 Å². The van der Waals surface area contributed by atoms with Gasteiger partial charge in [0, 0.05) is 23.2 Å². The highest BCUT2D eigenvalue weighted by molar-refractivity contribution is 6.32. The molecule has 1 aromatic heterocycles. The number of carbonyl (C=O) groups is 1. The second-order valence-electron chi connectivity index (χ2n) is 8.41. The highest BCUT2D eigenvalue weighted by Gasteiger charge is 2.47. The van der Waals surface area contributed by atoms with Gasteiger partial charge in [0.2, 0.25) is 5.82 Å². The van der Waals surface area contributed by atoms with Gasteiger partial charge in [-0.05, 0) is 69.6 Å². The van der Waals surface area contributed by atoms with Crippen LogP contribution in [0.25, 0.3) is 22.8 Å². The Morgan fingerprint density at radius 2 is 1.91 bits per heavy atom. The summed E-state index contributed by atoms with van der Waals surface area (Å²) < 4.78 is 11.2. The fourth-order valence-electron chi connectivity index (χ4n) is 3.86. The predicted octanol–water partition coefficient (Wildman–Crippen LogP) is 5.24. The average molecular weight is 456 g/mol. The lowest BCUT2D eigenvalue weighted by atomic mass is 10.0. The molecule has 0 amide bonds. The molecule has 32 heavy (non-hydrogen) atoms. The second kappa shape index (κ2) is 8.92. The first-order valence-corrected chi connectivity index (χ1v) is 11.0. The summed E-state index contributed by atoms with van der Waals surface area (Å²) in [5.74, 6) is 0.717. The van der Waals surface area contributed by atoms with Crippen molar-refractivity contribution < 1.29 is 19.2 Å². The minimum absolute atomic E-state index is 0.0323. The summed E-state index contributed by atoms with van der Waals surface area (Å²) >= 11 is 6.33. The summed E-state index contributed by atoms with van der Waals surface area (Å²) in [7, 11) is 1.98. The van der Waals surface area contributed by atoms with Gasteiger partial charge in [-0.15, -0.1) is 0 Å². The van der Waals surface area contributed by atoms with Crippen molar-refractivity contribution >= 4 is 17.6 Å². The average Bonchev–Trinajstić information content (AvgIpc) is 3.43. The molecule has 1 saturated carbocycles. The number of benzene rings is 2. The van der Waals surface area contributed by atoms with Crippen molar-refractivity contribution in [1.82, 2.24) is 15.0 Å². The number of rotatable bonds is 9.